The van der Waals surface area contributed by atoms with Gasteiger partial charge in [-0.15, -0.1) is 0 Å². The number of hydrogen-bond donors (Lipinski definition) is 2. The van der Waals surface area contributed by atoms with Crippen LogP contribution in [-0.2, 0) is 0 Å². The number of halogens is 2. The fourth-order valence-electron chi connectivity index (χ4n) is 0.619. The summed E-state index contributed by atoms with van der Waals surface area (Å²) in [5.74, 6) is -0.797. The number of hydrogen-bond acceptors (Lipinski definition) is 5. The molecular weight excluding hydrogens is 168 g/mol. The lowest BCUT2D eigenvalue weighted by Gasteiger charge is -2.01. The van der Waals surface area contributed by atoms with E-state index in [4.69, 9.17) is 5.73 Å². The first-order chi connectivity index (χ1) is 5.63. The zero-order valence-electron chi connectivity index (χ0n) is 6.25. The van der Waals surface area contributed by atoms with E-state index in [1.807, 2.05) is 0 Å². The second-order valence-corrected chi connectivity index (χ2v) is 1.93. The zero-order chi connectivity index (χ0) is 9.14. The molecule has 0 radical (unpaired) electrons. The number of nitrogens with one attached hydrogen (secondary N) is 1. The Labute approximate surface area is 67.0 Å². The van der Waals surface area contributed by atoms with Gasteiger partial charge >= 0.3 is 0 Å². The molecule has 0 aliphatic carbocycles. The van der Waals surface area contributed by atoms with Crippen LogP contribution in [0.1, 0.15) is 12.2 Å². The van der Waals surface area contributed by atoms with Crippen molar-refractivity contribution in [3.63, 3.8) is 0 Å². The minimum absolute atomic E-state index is 0.0396. The van der Waals surface area contributed by atoms with E-state index < -0.39 is 12.2 Å². The predicted molar refractivity (Wildman–Crippen MR) is 38.7 cm³/mol. The van der Waals surface area contributed by atoms with Gasteiger partial charge in [-0.05, 0) is 0 Å². The molecule has 1 aromatic rings. The van der Waals surface area contributed by atoms with E-state index in [1.54, 1.807) is 0 Å². The third kappa shape index (κ3) is 1.74. The quantitative estimate of drug-likeness (QED) is 0.681. The third-order valence-electron chi connectivity index (χ3n) is 1.09. The largest absolute Gasteiger partial charge is 0.368 e. The molecule has 7 heteroatoms. The van der Waals surface area contributed by atoms with E-state index in [2.05, 4.69) is 20.3 Å². The second kappa shape index (κ2) is 3.24. The fraction of sp³-hybridized carbons (Fsp3) is 0.400. The van der Waals surface area contributed by atoms with Crippen molar-refractivity contribution in [2.75, 3.05) is 18.1 Å². The summed E-state index contributed by atoms with van der Waals surface area (Å²) in [4.78, 5) is 10.2. The lowest BCUT2D eigenvalue weighted by molar-refractivity contribution is 0.140. The number of alkyl halides is 2. The molecule has 0 saturated heterocycles. The van der Waals surface area contributed by atoms with Crippen LogP contribution in [0, 0.1) is 0 Å². The number of rotatable bonds is 2. The van der Waals surface area contributed by atoms with E-state index in [9.17, 15) is 8.78 Å². The first-order valence-corrected chi connectivity index (χ1v) is 3.11. The minimum Gasteiger partial charge on any atom is -0.368 e. The molecule has 1 aromatic heterocycles. The molecule has 0 atom stereocenters. The Morgan fingerprint density at radius 3 is 2.50 bits per heavy atom. The van der Waals surface area contributed by atoms with Gasteiger partial charge in [0, 0.05) is 7.05 Å². The summed E-state index contributed by atoms with van der Waals surface area (Å²) >= 11 is 0. The molecule has 0 unspecified atom stereocenters. The Bertz CT molecular complexity index is 277. The van der Waals surface area contributed by atoms with Crippen LogP contribution in [0.4, 0.5) is 20.7 Å². The van der Waals surface area contributed by atoms with Gasteiger partial charge in [-0.25, -0.2) is 8.78 Å². The molecule has 1 heterocycles. The molecular formula is C5H7F2N5. The molecule has 66 valence electrons. The highest BCUT2D eigenvalue weighted by molar-refractivity contribution is 5.30. The molecule has 3 N–H and O–H groups in total. The first kappa shape index (κ1) is 8.57. The molecule has 0 aromatic carbocycles. The van der Waals surface area contributed by atoms with Crippen LogP contribution >= 0.6 is 0 Å². The molecule has 5 nitrogen and oxygen atoms in total. The third-order valence-corrected chi connectivity index (χ3v) is 1.09. The van der Waals surface area contributed by atoms with Gasteiger partial charge in [-0.1, -0.05) is 0 Å². The van der Waals surface area contributed by atoms with Gasteiger partial charge in [0.25, 0.3) is 6.43 Å². The minimum atomic E-state index is -2.73. The molecule has 0 amide bonds. The van der Waals surface area contributed by atoms with E-state index in [0.29, 0.717) is 0 Å². The Hall–Kier alpha value is -1.53. The van der Waals surface area contributed by atoms with Crippen LogP contribution in [0.2, 0.25) is 0 Å². The van der Waals surface area contributed by atoms with Crippen molar-refractivity contribution in [3.8, 4) is 0 Å². The van der Waals surface area contributed by atoms with Crippen molar-refractivity contribution in [2.45, 2.75) is 6.43 Å². The SMILES string of the molecule is CNc1nc(N)nc(C(F)F)n1. The normalized spacial score (nSPS) is 10.3. The van der Waals surface area contributed by atoms with Gasteiger partial charge in [0.15, 0.2) is 0 Å². The number of anilines is 2. The van der Waals surface area contributed by atoms with Crippen LogP contribution in [0.3, 0.4) is 0 Å². The van der Waals surface area contributed by atoms with E-state index >= 15 is 0 Å². The number of nitrogens with zero attached hydrogens (tertiary/aromatic N) is 3. The Morgan fingerprint density at radius 1 is 1.33 bits per heavy atom. The number of nitrogens with two attached hydrogens (primary N) is 1. The average Bonchev–Trinajstić information content (AvgIpc) is 2.03. The van der Waals surface area contributed by atoms with Crippen molar-refractivity contribution < 1.29 is 8.78 Å². The maximum atomic E-state index is 12.0. The summed E-state index contributed by atoms with van der Waals surface area (Å²) < 4.78 is 24.1. The van der Waals surface area contributed by atoms with Crippen molar-refractivity contribution in [3.05, 3.63) is 5.82 Å². The summed E-state index contributed by atoms with van der Waals surface area (Å²) in [6.45, 7) is 0. The average molecular weight is 175 g/mol. The molecule has 0 aliphatic heterocycles. The van der Waals surface area contributed by atoms with Gasteiger partial charge in [0.05, 0.1) is 0 Å². The summed E-state index contributed by atoms with van der Waals surface area (Å²) in [7, 11) is 1.50. The topological polar surface area (TPSA) is 76.7 Å². The highest BCUT2D eigenvalue weighted by Gasteiger charge is 2.12. The standard InChI is InChI=1S/C5H7F2N5/c1-9-5-11-3(2(6)7)10-4(8)12-5/h2H,1H3,(H3,8,9,10,11,12). The fourth-order valence-corrected chi connectivity index (χ4v) is 0.619. The van der Waals surface area contributed by atoms with Crippen molar-refractivity contribution >= 4 is 11.9 Å². The van der Waals surface area contributed by atoms with Crippen molar-refractivity contribution in [1.29, 1.82) is 0 Å². The lowest BCUT2D eigenvalue weighted by atomic mass is 10.6. The van der Waals surface area contributed by atoms with Gasteiger partial charge in [0.1, 0.15) is 0 Å². The second-order valence-electron chi connectivity index (χ2n) is 1.93. The van der Waals surface area contributed by atoms with Gasteiger partial charge in [-0.3, -0.25) is 0 Å². The van der Waals surface area contributed by atoms with Gasteiger partial charge < -0.3 is 11.1 Å². The van der Waals surface area contributed by atoms with E-state index in [0.717, 1.165) is 0 Å². The number of nitrogen functional groups attached to an aromatic ring is 1. The van der Waals surface area contributed by atoms with Crippen molar-refractivity contribution in [1.82, 2.24) is 15.0 Å². The predicted octanol–water partition coefficient (Wildman–Crippen LogP) is 0.433. The highest BCUT2D eigenvalue weighted by atomic mass is 19.3. The number of aromatic nitrogens is 3. The summed E-state index contributed by atoms with van der Waals surface area (Å²) in [6.07, 6.45) is -2.73. The molecule has 0 fully saturated rings. The zero-order valence-corrected chi connectivity index (χ0v) is 6.25. The summed E-state index contributed by atoms with van der Waals surface area (Å²) in [6, 6.07) is 0. The molecule has 0 aliphatic rings. The van der Waals surface area contributed by atoms with Gasteiger partial charge in [0.2, 0.25) is 17.7 Å². The monoisotopic (exact) mass is 175 g/mol. The molecule has 0 spiro atoms. The van der Waals surface area contributed by atoms with Crippen LogP contribution in [0.15, 0.2) is 0 Å². The lowest BCUT2D eigenvalue weighted by Crippen LogP contribution is -2.07. The Balaban J connectivity index is 3.06. The van der Waals surface area contributed by atoms with Gasteiger partial charge in [-0.2, -0.15) is 15.0 Å². The molecule has 1 rings (SSSR count). The molecule has 12 heavy (non-hydrogen) atoms. The van der Waals surface area contributed by atoms with Crippen molar-refractivity contribution in [2.24, 2.45) is 0 Å². The van der Waals surface area contributed by atoms with E-state index in [-0.39, 0.29) is 11.9 Å². The van der Waals surface area contributed by atoms with Crippen LogP contribution < -0.4 is 11.1 Å². The van der Waals surface area contributed by atoms with Crippen LogP contribution in [0.25, 0.3) is 0 Å². The first-order valence-electron chi connectivity index (χ1n) is 3.11. The molecule has 0 saturated carbocycles. The van der Waals surface area contributed by atoms with Crippen LogP contribution in [-0.4, -0.2) is 22.0 Å². The maximum Gasteiger partial charge on any atom is 0.297 e. The van der Waals surface area contributed by atoms with E-state index in [1.165, 1.54) is 7.05 Å². The van der Waals surface area contributed by atoms with Crippen LogP contribution in [0.5, 0.6) is 0 Å². The summed E-state index contributed by atoms with van der Waals surface area (Å²) in [5, 5.41) is 2.49. The smallest absolute Gasteiger partial charge is 0.297 e. The maximum absolute atomic E-state index is 12.0. The Kier molecular flexibility index (Phi) is 2.32. The highest BCUT2D eigenvalue weighted by Crippen LogP contribution is 2.15. The Morgan fingerprint density at radius 2 is 2.00 bits per heavy atom. The summed E-state index contributed by atoms with van der Waals surface area (Å²) in [5.41, 5.74) is 5.14. The molecule has 0 bridgehead atoms.